The van der Waals surface area contributed by atoms with Gasteiger partial charge < -0.3 is 5.73 Å². The van der Waals surface area contributed by atoms with Gasteiger partial charge in [0, 0.05) is 5.69 Å². The maximum absolute atomic E-state index is 13.5. The van der Waals surface area contributed by atoms with Crippen LogP contribution in [0, 0.1) is 11.6 Å². The Bertz CT molecular complexity index is 619. The Labute approximate surface area is 114 Å². The van der Waals surface area contributed by atoms with Gasteiger partial charge >= 0.3 is 6.18 Å². The Hall–Kier alpha value is -1.83. The van der Waals surface area contributed by atoms with Crippen molar-refractivity contribution in [2.75, 3.05) is 5.73 Å². The van der Waals surface area contributed by atoms with Crippen molar-refractivity contribution in [1.29, 1.82) is 0 Å². The molecule has 2 nitrogen and oxygen atoms in total. The standard InChI is InChI=1S/C12H7F5N2S/c13-7-4-6(18)5-8(14)11(7)20-10-3-1-2-9(19-10)12(15,16)17/h1-5H,18H2. The van der Waals surface area contributed by atoms with E-state index in [2.05, 4.69) is 4.98 Å². The summed E-state index contributed by atoms with van der Waals surface area (Å²) in [4.78, 5) is 2.86. The normalized spacial score (nSPS) is 11.7. The fourth-order valence-electron chi connectivity index (χ4n) is 1.41. The molecule has 0 unspecified atom stereocenters. The van der Waals surface area contributed by atoms with Crippen molar-refractivity contribution in [2.24, 2.45) is 0 Å². The fourth-order valence-corrected chi connectivity index (χ4v) is 2.22. The quantitative estimate of drug-likeness (QED) is 0.670. The van der Waals surface area contributed by atoms with Crippen molar-refractivity contribution in [1.82, 2.24) is 4.98 Å². The SMILES string of the molecule is Nc1cc(F)c(Sc2cccc(C(F)(F)F)n2)c(F)c1. The fraction of sp³-hybridized carbons (Fsp3) is 0.0833. The van der Waals surface area contributed by atoms with E-state index in [9.17, 15) is 22.0 Å². The monoisotopic (exact) mass is 306 g/mol. The second-order valence-electron chi connectivity index (χ2n) is 3.77. The number of hydrogen-bond donors (Lipinski definition) is 1. The number of nitrogens with two attached hydrogens (primary N) is 1. The van der Waals surface area contributed by atoms with Crippen LogP contribution in [0.25, 0.3) is 0 Å². The number of pyridine rings is 1. The molecule has 1 aromatic heterocycles. The highest BCUT2D eigenvalue weighted by Crippen LogP contribution is 2.34. The number of anilines is 1. The van der Waals surface area contributed by atoms with Gasteiger partial charge in [0.15, 0.2) is 0 Å². The van der Waals surface area contributed by atoms with E-state index in [1.165, 1.54) is 6.07 Å². The molecule has 0 amide bonds. The molecule has 0 aliphatic heterocycles. The summed E-state index contributed by atoms with van der Waals surface area (Å²) in [6, 6.07) is 4.90. The zero-order valence-corrected chi connectivity index (χ0v) is 10.5. The summed E-state index contributed by atoms with van der Waals surface area (Å²) < 4.78 is 64.5. The number of nitrogen functional groups attached to an aromatic ring is 1. The largest absolute Gasteiger partial charge is 0.433 e. The van der Waals surface area contributed by atoms with Crippen LogP contribution in [0.4, 0.5) is 27.6 Å². The number of halogens is 5. The molecule has 1 heterocycles. The lowest BCUT2D eigenvalue weighted by molar-refractivity contribution is -0.141. The van der Waals surface area contributed by atoms with Gasteiger partial charge in [-0.05, 0) is 24.3 Å². The third kappa shape index (κ3) is 3.19. The summed E-state index contributed by atoms with van der Waals surface area (Å²) in [5, 5.41) is -0.164. The lowest BCUT2D eigenvalue weighted by Crippen LogP contribution is -2.07. The molecule has 2 rings (SSSR count). The van der Waals surface area contributed by atoms with E-state index in [1.807, 2.05) is 0 Å². The molecule has 0 fully saturated rings. The van der Waals surface area contributed by atoms with Crippen LogP contribution in [0.15, 0.2) is 40.3 Å². The number of aromatic nitrogens is 1. The maximum atomic E-state index is 13.5. The van der Waals surface area contributed by atoms with Crippen molar-refractivity contribution in [3.05, 3.63) is 47.7 Å². The Morgan fingerprint density at radius 1 is 1.05 bits per heavy atom. The smallest absolute Gasteiger partial charge is 0.399 e. The number of rotatable bonds is 2. The lowest BCUT2D eigenvalue weighted by Gasteiger charge is -2.08. The van der Waals surface area contributed by atoms with Gasteiger partial charge in [-0.15, -0.1) is 0 Å². The van der Waals surface area contributed by atoms with E-state index in [0.717, 1.165) is 24.3 Å². The summed E-state index contributed by atoms with van der Waals surface area (Å²) in [6.07, 6.45) is -4.62. The summed E-state index contributed by atoms with van der Waals surface area (Å²) in [5.74, 6) is -1.90. The zero-order chi connectivity index (χ0) is 14.9. The van der Waals surface area contributed by atoms with Gasteiger partial charge in [0.2, 0.25) is 0 Å². The van der Waals surface area contributed by atoms with Gasteiger partial charge in [-0.3, -0.25) is 0 Å². The van der Waals surface area contributed by atoms with Crippen molar-refractivity contribution >= 4 is 17.4 Å². The highest BCUT2D eigenvalue weighted by Gasteiger charge is 2.32. The summed E-state index contributed by atoms with van der Waals surface area (Å²) in [7, 11) is 0. The van der Waals surface area contributed by atoms with Crippen LogP contribution in [0.1, 0.15) is 5.69 Å². The van der Waals surface area contributed by atoms with Crippen LogP contribution in [-0.4, -0.2) is 4.98 Å². The third-order valence-electron chi connectivity index (χ3n) is 2.24. The minimum atomic E-state index is -4.62. The summed E-state index contributed by atoms with van der Waals surface area (Å²) in [6.45, 7) is 0. The van der Waals surface area contributed by atoms with Crippen LogP contribution >= 0.6 is 11.8 Å². The van der Waals surface area contributed by atoms with Crippen LogP contribution in [-0.2, 0) is 6.18 Å². The molecule has 0 saturated heterocycles. The molecule has 8 heteroatoms. The summed E-state index contributed by atoms with van der Waals surface area (Å²) in [5.41, 5.74) is 4.01. The average Bonchev–Trinajstić information content (AvgIpc) is 2.33. The van der Waals surface area contributed by atoms with Crippen molar-refractivity contribution < 1.29 is 22.0 Å². The predicted octanol–water partition coefficient (Wildman–Crippen LogP) is 4.11. The molecule has 106 valence electrons. The second-order valence-corrected chi connectivity index (χ2v) is 4.81. The molecule has 2 N–H and O–H groups in total. The minimum Gasteiger partial charge on any atom is -0.399 e. The first-order valence-corrected chi connectivity index (χ1v) is 6.05. The van der Waals surface area contributed by atoms with Gasteiger partial charge in [0.05, 0.1) is 4.90 Å². The molecule has 0 atom stereocenters. The topological polar surface area (TPSA) is 38.9 Å². The second kappa shape index (κ2) is 5.28. The van der Waals surface area contributed by atoms with E-state index in [-0.39, 0.29) is 10.7 Å². The van der Waals surface area contributed by atoms with E-state index >= 15 is 0 Å². The average molecular weight is 306 g/mol. The maximum Gasteiger partial charge on any atom is 0.433 e. The van der Waals surface area contributed by atoms with Crippen molar-refractivity contribution in [3.8, 4) is 0 Å². The first-order chi connectivity index (χ1) is 9.27. The molecule has 0 saturated carbocycles. The lowest BCUT2D eigenvalue weighted by atomic mass is 10.3. The van der Waals surface area contributed by atoms with Crippen LogP contribution in [0.3, 0.4) is 0 Å². The molecule has 20 heavy (non-hydrogen) atoms. The number of hydrogen-bond acceptors (Lipinski definition) is 3. The third-order valence-corrected chi connectivity index (χ3v) is 3.27. The molecule has 1 aromatic carbocycles. The van der Waals surface area contributed by atoms with E-state index in [0.29, 0.717) is 11.8 Å². The highest BCUT2D eigenvalue weighted by atomic mass is 32.2. The van der Waals surface area contributed by atoms with Crippen molar-refractivity contribution in [3.63, 3.8) is 0 Å². The highest BCUT2D eigenvalue weighted by molar-refractivity contribution is 7.99. The molecule has 0 spiro atoms. The van der Waals surface area contributed by atoms with Gasteiger partial charge in [-0.2, -0.15) is 13.2 Å². The Balaban J connectivity index is 2.36. The Morgan fingerprint density at radius 3 is 2.20 bits per heavy atom. The first kappa shape index (κ1) is 14.6. The summed E-state index contributed by atoms with van der Waals surface area (Å²) >= 11 is 0.463. The number of nitrogens with zero attached hydrogens (tertiary/aromatic N) is 1. The van der Waals surface area contributed by atoms with Gasteiger partial charge in [-0.1, -0.05) is 17.8 Å². The minimum absolute atomic E-state index is 0.110. The van der Waals surface area contributed by atoms with Gasteiger partial charge in [0.25, 0.3) is 0 Å². The van der Waals surface area contributed by atoms with E-state index < -0.39 is 28.4 Å². The zero-order valence-electron chi connectivity index (χ0n) is 9.71. The van der Waals surface area contributed by atoms with Gasteiger partial charge in [-0.25, -0.2) is 13.8 Å². The molecular formula is C12H7F5N2S. The first-order valence-electron chi connectivity index (χ1n) is 5.24. The molecule has 0 radical (unpaired) electrons. The molecule has 2 aromatic rings. The van der Waals surface area contributed by atoms with Crippen LogP contribution in [0.2, 0.25) is 0 Å². The van der Waals surface area contributed by atoms with E-state index in [4.69, 9.17) is 5.73 Å². The molecular weight excluding hydrogens is 299 g/mol. The van der Waals surface area contributed by atoms with Crippen LogP contribution < -0.4 is 5.73 Å². The number of benzene rings is 1. The number of alkyl halides is 3. The Kier molecular flexibility index (Phi) is 3.85. The predicted molar refractivity (Wildman–Crippen MR) is 64.1 cm³/mol. The van der Waals surface area contributed by atoms with Crippen LogP contribution in [0.5, 0.6) is 0 Å². The van der Waals surface area contributed by atoms with Gasteiger partial charge in [0.1, 0.15) is 22.4 Å². The molecule has 0 aliphatic carbocycles. The Morgan fingerprint density at radius 2 is 1.65 bits per heavy atom. The molecule has 0 aliphatic rings. The molecule has 0 bridgehead atoms. The van der Waals surface area contributed by atoms with E-state index in [1.54, 1.807) is 0 Å². The van der Waals surface area contributed by atoms with Crippen molar-refractivity contribution in [2.45, 2.75) is 16.1 Å².